The fourth-order valence-corrected chi connectivity index (χ4v) is 2.23. The highest BCUT2D eigenvalue weighted by atomic mass is 16.6. The molecule has 0 spiro atoms. The Labute approximate surface area is 120 Å². The van der Waals surface area contributed by atoms with Gasteiger partial charge in [-0.2, -0.15) is 0 Å². The number of rotatable bonds is 3. The Bertz CT molecular complexity index is 413. The van der Waals surface area contributed by atoms with Crippen molar-refractivity contribution in [2.75, 3.05) is 13.1 Å². The van der Waals surface area contributed by atoms with Gasteiger partial charge in [-0.3, -0.25) is 0 Å². The van der Waals surface area contributed by atoms with Crippen molar-refractivity contribution in [3.05, 3.63) is 24.1 Å². The van der Waals surface area contributed by atoms with Gasteiger partial charge in [-0.25, -0.2) is 9.79 Å². The summed E-state index contributed by atoms with van der Waals surface area (Å²) in [6, 6.07) is 0. The standard InChI is InChI=1S/C15H24N2O3/c1-6-12(13(18)16-5)11-7-9-17(10-8-11)14(19)20-15(2,3)4/h6,11,18H,1,5,7-10H2,2-4H3/b13-12-. The second-order valence-corrected chi connectivity index (χ2v) is 5.88. The molecule has 1 aliphatic rings. The molecule has 0 bridgehead atoms. The maximum atomic E-state index is 11.9. The van der Waals surface area contributed by atoms with Gasteiger partial charge in [0.1, 0.15) is 5.60 Å². The van der Waals surface area contributed by atoms with Crippen LogP contribution in [0.4, 0.5) is 4.79 Å². The van der Waals surface area contributed by atoms with Gasteiger partial charge in [0.15, 0.2) is 0 Å². The highest BCUT2D eigenvalue weighted by molar-refractivity contribution is 5.68. The molecule has 0 aromatic rings. The smallest absolute Gasteiger partial charge is 0.410 e. The first-order chi connectivity index (χ1) is 9.28. The number of piperidine rings is 1. The lowest BCUT2D eigenvalue weighted by Gasteiger charge is -2.33. The summed E-state index contributed by atoms with van der Waals surface area (Å²) in [6.07, 6.45) is 2.82. The first-order valence-corrected chi connectivity index (χ1v) is 6.78. The fourth-order valence-electron chi connectivity index (χ4n) is 2.23. The number of carbonyl (C=O) groups excluding carboxylic acids is 1. The molecule has 0 aliphatic carbocycles. The number of aliphatic hydroxyl groups excluding tert-OH is 1. The molecule has 5 heteroatoms. The Morgan fingerprint density at radius 2 is 1.95 bits per heavy atom. The zero-order valence-electron chi connectivity index (χ0n) is 12.6. The van der Waals surface area contributed by atoms with Gasteiger partial charge < -0.3 is 14.7 Å². The molecular formula is C15H24N2O3. The quantitative estimate of drug-likeness (QED) is 0.490. The summed E-state index contributed by atoms with van der Waals surface area (Å²) >= 11 is 0. The lowest BCUT2D eigenvalue weighted by atomic mass is 9.89. The molecule has 0 saturated carbocycles. The van der Waals surface area contributed by atoms with Crippen molar-refractivity contribution < 1.29 is 14.6 Å². The van der Waals surface area contributed by atoms with E-state index in [4.69, 9.17) is 4.74 Å². The Balaban J connectivity index is 2.62. The second kappa shape index (κ2) is 6.59. The van der Waals surface area contributed by atoms with Crippen LogP contribution in [0.25, 0.3) is 0 Å². The number of aliphatic imine (C=N–C) groups is 1. The van der Waals surface area contributed by atoms with Crippen molar-refractivity contribution in [1.82, 2.24) is 4.90 Å². The first kappa shape index (κ1) is 16.3. The van der Waals surface area contributed by atoms with Crippen LogP contribution < -0.4 is 0 Å². The number of aliphatic hydroxyl groups is 1. The molecule has 1 N–H and O–H groups in total. The lowest BCUT2D eigenvalue weighted by molar-refractivity contribution is 0.0194. The number of allylic oxidation sites excluding steroid dienone is 2. The van der Waals surface area contributed by atoms with Gasteiger partial charge >= 0.3 is 6.09 Å². The summed E-state index contributed by atoms with van der Waals surface area (Å²) in [6.45, 7) is 13.8. The van der Waals surface area contributed by atoms with Crippen LogP contribution in [0.3, 0.4) is 0 Å². The average molecular weight is 280 g/mol. The first-order valence-electron chi connectivity index (χ1n) is 6.78. The van der Waals surface area contributed by atoms with E-state index in [2.05, 4.69) is 18.3 Å². The summed E-state index contributed by atoms with van der Waals surface area (Å²) in [5.74, 6) is 0.0763. The molecule has 0 aromatic carbocycles. The van der Waals surface area contributed by atoms with Crippen LogP contribution in [0, 0.1) is 5.92 Å². The van der Waals surface area contributed by atoms with Gasteiger partial charge in [-0.15, -0.1) is 0 Å². The Morgan fingerprint density at radius 1 is 1.40 bits per heavy atom. The summed E-state index contributed by atoms with van der Waals surface area (Å²) in [7, 11) is 0. The SMILES string of the molecule is C=C/C(=C(/O)N=C)C1CCN(C(=O)OC(C)(C)C)CC1. The van der Waals surface area contributed by atoms with Crippen molar-refractivity contribution >= 4 is 12.8 Å². The zero-order valence-corrected chi connectivity index (χ0v) is 12.6. The van der Waals surface area contributed by atoms with Crippen molar-refractivity contribution in [2.24, 2.45) is 10.9 Å². The average Bonchev–Trinajstić information content (AvgIpc) is 2.38. The van der Waals surface area contributed by atoms with Crippen molar-refractivity contribution in [3.63, 3.8) is 0 Å². The Kier molecular flexibility index (Phi) is 5.36. The predicted molar refractivity (Wildman–Crippen MR) is 79.9 cm³/mol. The second-order valence-electron chi connectivity index (χ2n) is 5.88. The third-order valence-corrected chi connectivity index (χ3v) is 3.21. The summed E-state index contributed by atoms with van der Waals surface area (Å²) < 4.78 is 5.34. The van der Waals surface area contributed by atoms with E-state index >= 15 is 0 Å². The van der Waals surface area contributed by atoms with E-state index in [0.29, 0.717) is 18.7 Å². The van der Waals surface area contributed by atoms with Crippen LogP contribution >= 0.6 is 0 Å². The molecule has 1 rings (SSSR count). The molecule has 0 aromatic heterocycles. The van der Waals surface area contributed by atoms with Crippen LogP contribution in [-0.2, 0) is 4.74 Å². The number of ether oxygens (including phenoxy) is 1. The zero-order chi connectivity index (χ0) is 15.3. The van der Waals surface area contributed by atoms with Crippen LogP contribution in [0.5, 0.6) is 0 Å². The molecule has 20 heavy (non-hydrogen) atoms. The van der Waals surface area contributed by atoms with Gasteiger partial charge in [0.25, 0.3) is 0 Å². The molecular weight excluding hydrogens is 256 g/mol. The molecule has 5 nitrogen and oxygen atoms in total. The molecule has 0 atom stereocenters. The monoisotopic (exact) mass is 280 g/mol. The van der Waals surface area contributed by atoms with Crippen molar-refractivity contribution in [2.45, 2.75) is 39.2 Å². The van der Waals surface area contributed by atoms with E-state index < -0.39 is 5.60 Å². The van der Waals surface area contributed by atoms with Gasteiger partial charge in [0.05, 0.1) is 0 Å². The highest BCUT2D eigenvalue weighted by Crippen LogP contribution is 2.28. The van der Waals surface area contributed by atoms with Gasteiger partial charge in [0, 0.05) is 18.7 Å². The Hall–Kier alpha value is -1.78. The Morgan fingerprint density at radius 3 is 2.35 bits per heavy atom. The third-order valence-electron chi connectivity index (χ3n) is 3.21. The predicted octanol–water partition coefficient (Wildman–Crippen LogP) is 3.29. The molecule has 1 amide bonds. The molecule has 0 radical (unpaired) electrons. The normalized spacial score (nSPS) is 18.2. The van der Waals surface area contributed by atoms with Crippen LogP contribution in [-0.4, -0.2) is 41.5 Å². The number of amides is 1. The molecule has 1 aliphatic heterocycles. The number of nitrogens with zero attached hydrogens (tertiary/aromatic N) is 2. The van der Waals surface area contributed by atoms with Gasteiger partial charge in [-0.05, 0) is 46.2 Å². The number of carbonyl (C=O) groups is 1. The maximum Gasteiger partial charge on any atom is 0.410 e. The lowest BCUT2D eigenvalue weighted by Crippen LogP contribution is -2.42. The third kappa shape index (κ3) is 4.40. The molecule has 1 saturated heterocycles. The minimum atomic E-state index is -0.481. The summed E-state index contributed by atoms with van der Waals surface area (Å²) in [5, 5.41) is 9.67. The number of likely N-dealkylation sites (tertiary alicyclic amines) is 1. The largest absolute Gasteiger partial charge is 0.493 e. The van der Waals surface area contributed by atoms with Gasteiger partial charge in [0.2, 0.25) is 5.88 Å². The topological polar surface area (TPSA) is 62.1 Å². The molecule has 1 fully saturated rings. The van der Waals surface area contributed by atoms with Crippen molar-refractivity contribution in [1.29, 1.82) is 0 Å². The van der Waals surface area contributed by atoms with E-state index in [0.717, 1.165) is 12.8 Å². The van der Waals surface area contributed by atoms with E-state index in [1.807, 2.05) is 20.8 Å². The molecule has 112 valence electrons. The van der Waals surface area contributed by atoms with E-state index in [9.17, 15) is 9.90 Å². The minimum absolute atomic E-state index is 0.0734. The maximum absolute atomic E-state index is 11.9. The highest BCUT2D eigenvalue weighted by Gasteiger charge is 2.28. The van der Waals surface area contributed by atoms with Crippen LogP contribution in [0.1, 0.15) is 33.6 Å². The summed E-state index contributed by atoms with van der Waals surface area (Å²) in [5.41, 5.74) is 0.217. The van der Waals surface area contributed by atoms with E-state index in [-0.39, 0.29) is 17.9 Å². The van der Waals surface area contributed by atoms with Crippen LogP contribution in [0.2, 0.25) is 0 Å². The fraction of sp³-hybridized carbons (Fsp3) is 0.600. The minimum Gasteiger partial charge on any atom is -0.493 e. The summed E-state index contributed by atoms with van der Waals surface area (Å²) in [4.78, 5) is 17.2. The van der Waals surface area contributed by atoms with E-state index in [1.165, 1.54) is 0 Å². The van der Waals surface area contributed by atoms with Gasteiger partial charge in [-0.1, -0.05) is 12.7 Å². The molecule has 0 unspecified atom stereocenters. The molecule has 1 heterocycles. The number of hydrogen-bond acceptors (Lipinski definition) is 4. The van der Waals surface area contributed by atoms with E-state index in [1.54, 1.807) is 11.0 Å². The van der Waals surface area contributed by atoms with Crippen molar-refractivity contribution in [3.8, 4) is 0 Å². The van der Waals surface area contributed by atoms with Crippen LogP contribution in [0.15, 0.2) is 29.1 Å². The number of hydrogen-bond donors (Lipinski definition) is 1.